The van der Waals surface area contributed by atoms with Crippen molar-refractivity contribution in [2.24, 2.45) is 5.92 Å². The highest BCUT2D eigenvalue weighted by Crippen LogP contribution is 2.28. The first-order valence-electron chi connectivity index (χ1n) is 6.40. The lowest BCUT2D eigenvalue weighted by Crippen LogP contribution is -2.52. The molecule has 20 heavy (non-hydrogen) atoms. The van der Waals surface area contributed by atoms with E-state index in [0.717, 1.165) is 12.8 Å². The van der Waals surface area contributed by atoms with Gasteiger partial charge in [-0.2, -0.15) is 0 Å². The van der Waals surface area contributed by atoms with Gasteiger partial charge in [-0.3, -0.25) is 4.79 Å². The van der Waals surface area contributed by atoms with E-state index >= 15 is 0 Å². The van der Waals surface area contributed by atoms with Crippen LogP contribution in [0.3, 0.4) is 0 Å². The first kappa shape index (κ1) is 15.3. The largest absolute Gasteiger partial charge is 0.480 e. The summed E-state index contributed by atoms with van der Waals surface area (Å²) in [5.74, 6) is -1.26. The minimum Gasteiger partial charge on any atom is -0.480 e. The third kappa shape index (κ3) is 2.99. The van der Waals surface area contributed by atoms with Crippen molar-refractivity contribution in [1.82, 2.24) is 4.90 Å². The molecule has 4 nitrogen and oxygen atoms in total. The third-order valence-electron chi connectivity index (χ3n) is 3.61. The van der Waals surface area contributed by atoms with Crippen LogP contribution in [0.15, 0.2) is 22.7 Å². The topological polar surface area (TPSA) is 57.6 Å². The van der Waals surface area contributed by atoms with Crippen LogP contribution in [0.25, 0.3) is 0 Å². The van der Waals surface area contributed by atoms with E-state index < -0.39 is 12.0 Å². The summed E-state index contributed by atoms with van der Waals surface area (Å²) in [5.41, 5.74) is 0.440. The Morgan fingerprint density at radius 1 is 1.45 bits per heavy atom. The number of hydrogen-bond donors (Lipinski definition) is 1. The average molecular weight is 361 g/mol. The number of carbonyl (C=O) groups is 2. The summed E-state index contributed by atoms with van der Waals surface area (Å²) >= 11 is 9.17. The van der Waals surface area contributed by atoms with Crippen molar-refractivity contribution in [2.75, 3.05) is 6.54 Å². The minimum atomic E-state index is -0.948. The highest BCUT2D eigenvalue weighted by atomic mass is 79.9. The van der Waals surface area contributed by atoms with Gasteiger partial charge >= 0.3 is 5.97 Å². The minimum absolute atomic E-state index is 0.0451. The van der Waals surface area contributed by atoms with Crippen LogP contribution in [-0.2, 0) is 4.79 Å². The van der Waals surface area contributed by atoms with Crippen LogP contribution in [0.1, 0.15) is 30.1 Å². The highest BCUT2D eigenvalue weighted by Gasteiger charge is 2.37. The molecule has 1 aliphatic heterocycles. The van der Waals surface area contributed by atoms with Crippen molar-refractivity contribution in [2.45, 2.75) is 25.8 Å². The summed E-state index contributed by atoms with van der Waals surface area (Å²) in [6, 6.07) is 4.12. The van der Waals surface area contributed by atoms with E-state index in [1.54, 1.807) is 18.2 Å². The first-order valence-corrected chi connectivity index (χ1v) is 7.57. The maximum Gasteiger partial charge on any atom is 0.326 e. The predicted molar refractivity (Wildman–Crippen MR) is 80.0 cm³/mol. The number of amides is 1. The number of nitrogens with zero attached hydrogens (tertiary/aromatic N) is 1. The number of halogens is 2. The van der Waals surface area contributed by atoms with Crippen LogP contribution in [-0.4, -0.2) is 34.5 Å². The zero-order valence-electron chi connectivity index (χ0n) is 11.0. The van der Waals surface area contributed by atoms with Gasteiger partial charge in [-0.1, -0.05) is 18.5 Å². The van der Waals surface area contributed by atoms with Gasteiger partial charge in [-0.05, 0) is 52.9 Å². The summed E-state index contributed by atoms with van der Waals surface area (Å²) < 4.78 is 0.581. The van der Waals surface area contributed by atoms with Gasteiger partial charge in [-0.15, -0.1) is 0 Å². The average Bonchev–Trinajstić information content (AvgIpc) is 2.37. The fraction of sp³-hybridized carbons (Fsp3) is 0.429. The van der Waals surface area contributed by atoms with E-state index in [-0.39, 0.29) is 11.8 Å². The smallest absolute Gasteiger partial charge is 0.326 e. The Labute approximate surface area is 130 Å². The van der Waals surface area contributed by atoms with Crippen molar-refractivity contribution in [1.29, 1.82) is 0 Å². The van der Waals surface area contributed by atoms with Crippen molar-refractivity contribution in [3.63, 3.8) is 0 Å². The van der Waals surface area contributed by atoms with E-state index in [1.807, 2.05) is 6.92 Å². The number of carboxylic acids is 1. The molecule has 0 radical (unpaired) electrons. The Hall–Kier alpha value is -1.07. The molecule has 2 unspecified atom stereocenters. The van der Waals surface area contributed by atoms with Gasteiger partial charge in [-0.25, -0.2) is 4.79 Å². The molecule has 1 amide bonds. The Balaban J connectivity index is 2.33. The predicted octanol–water partition coefficient (Wildman–Crippen LogP) is 3.43. The van der Waals surface area contributed by atoms with Crippen LogP contribution < -0.4 is 0 Å². The number of benzene rings is 1. The number of rotatable bonds is 2. The van der Waals surface area contributed by atoms with Crippen molar-refractivity contribution in [3.05, 3.63) is 33.3 Å². The number of carbonyl (C=O) groups excluding carboxylic acids is 1. The standard InChI is InChI=1S/C14H15BrClNO3/c1-8-3-2-6-17(12(8)14(19)20)13(18)10-5-4-9(16)7-11(10)15/h4-5,7-8,12H,2-3,6H2,1H3,(H,19,20). The molecule has 1 aromatic rings. The Morgan fingerprint density at radius 3 is 2.75 bits per heavy atom. The van der Waals surface area contributed by atoms with Crippen molar-refractivity contribution >= 4 is 39.4 Å². The monoisotopic (exact) mass is 359 g/mol. The second-order valence-corrected chi connectivity index (χ2v) is 6.32. The first-order chi connectivity index (χ1) is 9.41. The molecule has 1 aromatic carbocycles. The molecule has 0 bridgehead atoms. The molecule has 2 rings (SSSR count). The maximum absolute atomic E-state index is 12.6. The van der Waals surface area contributed by atoms with Crippen LogP contribution in [0.5, 0.6) is 0 Å². The van der Waals surface area contributed by atoms with Gasteiger partial charge in [0.15, 0.2) is 0 Å². The zero-order chi connectivity index (χ0) is 14.9. The third-order valence-corrected chi connectivity index (χ3v) is 4.50. The number of hydrogen-bond acceptors (Lipinski definition) is 2. The van der Waals surface area contributed by atoms with Gasteiger partial charge in [0.05, 0.1) is 5.56 Å². The van der Waals surface area contributed by atoms with Gasteiger partial charge in [0.25, 0.3) is 5.91 Å². The lowest BCUT2D eigenvalue weighted by Gasteiger charge is -2.37. The second-order valence-electron chi connectivity index (χ2n) is 5.03. The Morgan fingerprint density at radius 2 is 2.15 bits per heavy atom. The number of aliphatic carboxylic acids is 1. The molecule has 0 aromatic heterocycles. The molecule has 1 heterocycles. The molecule has 2 atom stereocenters. The zero-order valence-corrected chi connectivity index (χ0v) is 13.3. The van der Waals surface area contributed by atoms with Crippen LogP contribution in [0.4, 0.5) is 0 Å². The molecular weight excluding hydrogens is 346 g/mol. The summed E-state index contributed by atoms with van der Waals surface area (Å²) in [6.45, 7) is 2.34. The van der Waals surface area contributed by atoms with Crippen molar-refractivity contribution < 1.29 is 14.7 Å². The van der Waals surface area contributed by atoms with Crippen molar-refractivity contribution in [3.8, 4) is 0 Å². The molecule has 1 saturated heterocycles. The molecule has 0 aliphatic carbocycles. The quantitative estimate of drug-likeness (QED) is 0.879. The summed E-state index contributed by atoms with van der Waals surface area (Å²) in [5, 5.41) is 9.88. The Bertz CT molecular complexity index is 549. The fourth-order valence-corrected chi connectivity index (χ4v) is 3.46. The van der Waals surface area contributed by atoms with Gasteiger partial charge < -0.3 is 10.0 Å². The summed E-state index contributed by atoms with van der Waals surface area (Å²) in [6.07, 6.45) is 1.64. The van der Waals surface area contributed by atoms with Gasteiger partial charge in [0.1, 0.15) is 6.04 Å². The molecule has 108 valence electrons. The van der Waals surface area contributed by atoms with E-state index in [0.29, 0.717) is 21.6 Å². The van der Waals surface area contributed by atoms with E-state index in [1.165, 1.54) is 4.90 Å². The SMILES string of the molecule is CC1CCCN(C(=O)c2ccc(Cl)cc2Br)C1C(=O)O. The number of carboxylic acid groups (broad SMARTS) is 1. The van der Waals surface area contributed by atoms with E-state index in [9.17, 15) is 14.7 Å². The molecule has 6 heteroatoms. The van der Waals surface area contributed by atoms with Gasteiger partial charge in [0.2, 0.25) is 0 Å². The lowest BCUT2D eigenvalue weighted by atomic mass is 9.90. The summed E-state index contributed by atoms with van der Waals surface area (Å²) in [7, 11) is 0. The number of piperidine rings is 1. The lowest BCUT2D eigenvalue weighted by molar-refractivity contribution is -0.145. The molecule has 0 saturated carbocycles. The molecule has 1 fully saturated rings. The molecule has 1 N–H and O–H groups in total. The normalized spacial score (nSPS) is 22.6. The molecule has 1 aliphatic rings. The van der Waals surface area contributed by atoms with Crippen LogP contribution in [0, 0.1) is 5.92 Å². The van der Waals surface area contributed by atoms with Gasteiger partial charge in [0, 0.05) is 16.0 Å². The van der Waals surface area contributed by atoms with E-state index in [4.69, 9.17) is 11.6 Å². The highest BCUT2D eigenvalue weighted by molar-refractivity contribution is 9.10. The number of likely N-dealkylation sites (tertiary alicyclic amines) is 1. The fourth-order valence-electron chi connectivity index (χ4n) is 2.61. The van der Waals surface area contributed by atoms with Crippen LogP contribution in [0.2, 0.25) is 5.02 Å². The van der Waals surface area contributed by atoms with E-state index in [2.05, 4.69) is 15.9 Å². The maximum atomic E-state index is 12.6. The molecular formula is C14H15BrClNO3. The molecule has 0 spiro atoms. The summed E-state index contributed by atoms with van der Waals surface area (Å²) in [4.78, 5) is 25.5. The Kier molecular flexibility index (Phi) is 4.70. The second kappa shape index (κ2) is 6.14. The van der Waals surface area contributed by atoms with Crippen LogP contribution >= 0.6 is 27.5 Å².